The van der Waals surface area contributed by atoms with Gasteiger partial charge in [-0.25, -0.2) is 0 Å². The third-order valence-electron chi connectivity index (χ3n) is 3.30. The highest BCUT2D eigenvalue weighted by Gasteiger charge is 2.40. The lowest BCUT2D eigenvalue weighted by molar-refractivity contribution is 0.280. The number of hydrogen-bond acceptors (Lipinski definition) is 2. The van der Waals surface area contributed by atoms with Crippen molar-refractivity contribution in [3.63, 3.8) is 0 Å². The first kappa shape index (κ1) is 8.11. The lowest BCUT2D eigenvalue weighted by Gasteiger charge is -2.32. The van der Waals surface area contributed by atoms with Crippen molar-refractivity contribution in [2.24, 2.45) is 5.92 Å². The van der Waals surface area contributed by atoms with Crippen LogP contribution >= 0.6 is 0 Å². The van der Waals surface area contributed by atoms with Gasteiger partial charge in [0.2, 0.25) is 0 Å². The zero-order chi connectivity index (χ0) is 8.44. The van der Waals surface area contributed by atoms with Gasteiger partial charge in [-0.3, -0.25) is 0 Å². The normalized spacial score (nSPS) is 39.5. The molecule has 0 unspecified atom stereocenters. The summed E-state index contributed by atoms with van der Waals surface area (Å²) in [5.74, 6) is 0.949. The van der Waals surface area contributed by atoms with Crippen LogP contribution in [0.4, 0.5) is 0 Å². The fourth-order valence-corrected chi connectivity index (χ4v) is 2.67. The van der Waals surface area contributed by atoms with Gasteiger partial charge in [0.15, 0.2) is 0 Å². The first-order valence-electron chi connectivity index (χ1n) is 4.94. The Morgan fingerprint density at radius 3 is 3.42 bits per heavy atom. The van der Waals surface area contributed by atoms with Crippen LogP contribution < -0.4 is 10.6 Å². The zero-order valence-electron chi connectivity index (χ0n) is 7.60. The van der Waals surface area contributed by atoms with E-state index in [-0.39, 0.29) is 0 Å². The summed E-state index contributed by atoms with van der Waals surface area (Å²) in [4.78, 5) is 0. The van der Waals surface area contributed by atoms with Gasteiger partial charge in [0.1, 0.15) is 0 Å². The summed E-state index contributed by atoms with van der Waals surface area (Å²) in [6.07, 6.45) is 7.34. The Morgan fingerprint density at radius 2 is 2.58 bits per heavy atom. The van der Waals surface area contributed by atoms with Gasteiger partial charge in [0.05, 0.1) is 0 Å². The highest BCUT2D eigenvalue weighted by atomic mass is 15.1. The van der Waals surface area contributed by atoms with E-state index in [1.165, 1.54) is 32.2 Å². The van der Waals surface area contributed by atoms with Gasteiger partial charge in [0.25, 0.3) is 0 Å². The van der Waals surface area contributed by atoms with Crippen LogP contribution in [0.15, 0.2) is 12.8 Å². The molecule has 1 aliphatic heterocycles. The Hall–Kier alpha value is -0.500. The van der Waals surface area contributed by atoms with Gasteiger partial charge in [-0.1, -0.05) is 13.0 Å². The second kappa shape index (κ2) is 3.09. The number of nitrogens with one attached hydrogen (secondary N) is 2. The molecule has 2 N–H and O–H groups in total. The summed E-state index contributed by atoms with van der Waals surface area (Å²) < 4.78 is 0. The molecule has 0 aromatic rings. The van der Waals surface area contributed by atoms with E-state index in [4.69, 9.17) is 0 Å². The minimum atomic E-state index is 0.414. The second-order valence-corrected chi connectivity index (χ2v) is 4.21. The molecule has 1 saturated carbocycles. The number of hydrogen-bond donors (Lipinski definition) is 2. The molecule has 1 saturated heterocycles. The van der Waals surface area contributed by atoms with Crippen molar-refractivity contribution in [3.8, 4) is 0 Å². The van der Waals surface area contributed by atoms with Crippen molar-refractivity contribution in [3.05, 3.63) is 12.8 Å². The zero-order valence-corrected chi connectivity index (χ0v) is 7.60. The SMILES string of the molecule is C=CNC[C@]12CCC[C@H](CN1)C2. The maximum atomic E-state index is 3.69. The fourth-order valence-electron chi connectivity index (χ4n) is 2.67. The molecule has 0 amide bonds. The second-order valence-electron chi connectivity index (χ2n) is 4.21. The van der Waals surface area contributed by atoms with E-state index < -0.39 is 0 Å². The molecule has 0 radical (unpaired) electrons. The molecule has 0 aromatic carbocycles. The lowest BCUT2D eigenvalue weighted by Crippen LogP contribution is -2.47. The summed E-state index contributed by atoms with van der Waals surface area (Å²) in [7, 11) is 0. The molecule has 1 heterocycles. The van der Waals surface area contributed by atoms with E-state index in [9.17, 15) is 0 Å². The van der Waals surface area contributed by atoms with Crippen LogP contribution in [0.3, 0.4) is 0 Å². The Kier molecular flexibility index (Phi) is 2.09. The van der Waals surface area contributed by atoms with Crippen LogP contribution in [0.5, 0.6) is 0 Å². The van der Waals surface area contributed by atoms with Crippen LogP contribution in [0.2, 0.25) is 0 Å². The van der Waals surface area contributed by atoms with Crippen molar-refractivity contribution in [2.45, 2.75) is 31.2 Å². The summed E-state index contributed by atoms with van der Waals surface area (Å²) in [5, 5.41) is 6.89. The van der Waals surface area contributed by atoms with Crippen LogP contribution in [0, 0.1) is 5.92 Å². The van der Waals surface area contributed by atoms with E-state index in [1.807, 2.05) is 0 Å². The summed E-state index contributed by atoms with van der Waals surface area (Å²) in [6.45, 7) is 5.98. The predicted octanol–water partition coefficient (Wildman–Crippen LogP) is 1.25. The summed E-state index contributed by atoms with van der Waals surface area (Å²) in [6, 6.07) is 0. The number of rotatable bonds is 3. The average molecular weight is 166 g/mol. The van der Waals surface area contributed by atoms with E-state index >= 15 is 0 Å². The van der Waals surface area contributed by atoms with E-state index in [0.29, 0.717) is 5.54 Å². The molecule has 0 spiro atoms. The molecule has 68 valence electrons. The van der Waals surface area contributed by atoms with Gasteiger partial charge < -0.3 is 10.6 Å². The molecule has 2 rings (SSSR count). The minimum absolute atomic E-state index is 0.414. The first-order valence-corrected chi connectivity index (χ1v) is 4.94. The topological polar surface area (TPSA) is 24.1 Å². The smallest absolute Gasteiger partial charge is 0.0357 e. The molecule has 12 heavy (non-hydrogen) atoms. The Labute approximate surface area is 74.4 Å². The molecule has 2 aliphatic rings. The highest BCUT2D eigenvalue weighted by molar-refractivity contribution is 5.02. The van der Waals surface area contributed by atoms with E-state index in [1.54, 1.807) is 6.20 Å². The molecular weight excluding hydrogens is 148 g/mol. The highest BCUT2D eigenvalue weighted by Crippen LogP contribution is 2.36. The van der Waals surface area contributed by atoms with Crippen molar-refractivity contribution in [2.75, 3.05) is 13.1 Å². The molecule has 2 heteroatoms. The molecule has 2 fully saturated rings. The Balaban J connectivity index is 1.95. The molecule has 2 nitrogen and oxygen atoms in total. The van der Waals surface area contributed by atoms with Gasteiger partial charge in [-0.2, -0.15) is 0 Å². The molecule has 2 atom stereocenters. The van der Waals surface area contributed by atoms with E-state index in [0.717, 1.165) is 12.5 Å². The molecular formula is C10H18N2. The van der Waals surface area contributed by atoms with Gasteiger partial charge in [0, 0.05) is 12.1 Å². The first-order chi connectivity index (χ1) is 5.85. The predicted molar refractivity (Wildman–Crippen MR) is 50.9 cm³/mol. The Morgan fingerprint density at radius 1 is 1.67 bits per heavy atom. The largest absolute Gasteiger partial charge is 0.390 e. The van der Waals surface area contributed by atoms with Gasteiger partial charge in [-0.15, -0.1) is 0 Å². The van der Waals surface area contributed by atoms with Gasteiger partial charge >= 0.3 is 0 Å². The minimum Gasteiger partial charge on any atom is -0.390 e. The standard InChI is InChI=1S/C10H18N2/c1-2-11-8-10-5-3-4-9(6-10)7-12-10/h2,9,11-12H,1,3-8H2/t9-,10+/m0/s1. The maximum absolute atomic E-state index is 3.69. The Bertz CT molecular complexity index is 175. The molecule has 0 aromatic heterocycles. The van der Waals surface area contributed by atoms with Crippen LogP contribution in [0.1, 0.15) is 25.7 Å². The molecule has 2 bridgehead atoms. The average Bonchev–Trinajstić information content (AvgIpc) is 2.40. The van der Waals surface area contributed by atoms with Crippen LogP contribution in [-0.2, 0) is 0 Å². The summed E-state index contributed by atoms with van der Waals surface area (Å²) in [5.41, 5.74) is 0.414. The quantitative estimate of drug-likeness (QED) is 0.659. The lowest BCUT2D eigenvalue weighted by atomic mass is 9.80. The van der Waals surface area contributed by atoms with Crippen molar-refractivity contribution in [1.82, 2.24) is 10.6 Å². The van der Waals surface area contributed by atoms with Crippen LogP contribution in [0.25, 0.3) is 0 Å². The van der Waals surface area contributed by atoms with Gasteiger partial charge in [-0.05, 0) is 37.9 Å². The molecule has 1 aliphatic carbocycles. The third kappa shape index (κ3) is 1.36. The van der Waals surface area contributed by atoms with Crippen molar-refractivity contribution >= 4 is 0 Å². The monoisotopic (exact) mass is 166 g/mol. The maximum Gasteiger partial charge on any atom is 0.0357 e. The van der Waals surface area contributed by atoms with Crippen LogP contribution in [-0.4, -0.2) is 18.6 Å². The van der Waals surface area contributed by atoms with Crippen molar-refractivity contribution < 1.29 is 0 Å². The third-order valence-corrected chi connectivity index (χ3v) is 3.30. The van der Waals surface area contributed by atoms with Crippen molar-refractivity contribution in [1.29, 1.82) is 0 Å². The summed E-state index contributed by atoms with van der Waals surface area (Å²) >= 11 is 0. The van der Waals surface area contributed by atoms with E-state index in [2.05, 4.69) is 17.2 Å². The fraction of sp³-hybridized carbons (Fsp3) is 0.800. The number of fused-ring (bicyclic) bond motifs is 2.